The minimum Gasteiger partial charge on any atom is -0.423 e. The number of fused-ring (bicyclic) bond motifs is 9. The molecular formula is C72H74BF6N9O5. The molecule has 9 aromatic rings. The normalized spacial score (nSPS) is 18.6. The second-order valence-corrected chi connectivity index (χ2v) is 25.0. The van der Waals surface area contributed by atoms with E-state index in [0.717, 1.165) is 121 Å². The van der Waals surface area contributed by atoms with Gasteiger partial charge in [-0.25, -0.2) is 15.0 Å². The van der Waals surface area contributed by atoms with Gasteiger partial charge >= 0.3 is 19.5 Å². The second-order valence-electron chi connectivity index (χ2n) is 25.0. The average Bonchev–Trinajstić information content (AvgIpc) is 1.63. The molecule has 15 rings (SSSR count). The maximum atomic E-state index is 13.1. The number of imidazole rings is 3. The number of anilines is 2. The molecule has 0 amide bonds. The van der Waals surface area contributed by atoms with Crippen molar-refractivity contribution in [1.29, 1.82) is 0 Å². The zero-order chi connectivity index (χ0) is 65.0. The first-order valence-corrected chi connectivity index (χ1v) is 31.9. The summed E-state index contributed by atoms with van der Waals surface area (Å²) in [6.07, 6.45) is 8.66. The zero-order valence-corrected chi connectivity index (χ0v) is 51.5. The summed E-state index contributed by atoms with van der Waals surface area (Å²) in [6.45, 7) is 6.67. The average molecular weight is 1270 g/mol. The van der Waals surface area contributed by atoms with Gasteiger partial charge in [-0.1, -0.05) is 103 Å². The molecule has 3 fully saturated rings. The molecule has 0 spiro atoms. The number of aliphatic hydroxyl groups is 1. The number of carbonyl (C=O) groups excluding carboxylic acids is 2. The van der Waals surface area contributed by atoms with Crippen LogP contribution < -0.4 is 20.6 Å². The summed E-state index contributed by atoms with van der Waals surface area (Å²) in [5.74, 6) is 1.02. The summed E-state index contributed by atoms with van der Waals surface area (Å²) in [5.41, 5.74) is 12.4. The monoisotopic (exact) mass is 1270 g/mol. The number of aromatic nitrogens is 6. The summed E-state index contributed by atoms with van der Waals surface area (Å²) in [4.78, 5) is 42.7. The fourth-order valence-corrected chi connectivity index (χ4v) is 14.2. The van der Waals surface area contributed by atoms with Crippen LogP contribution in [0.5, 0.6) is 0 Å². The number of ketones is 2. The lowest BCUT2D eigenvalue weighted by molar-refractivity contribution is -0.138. The molecule has 93 heavy (non-hydrogen) atoms. The van der Waals surface area contributed by atoms with Crippen LogP contribution in [0, 0.1) is 24.7 Å². The van der Waals surface area contributed by atoms with Gasteiger partial charge in [0.05, 0.1) is 90.0 Å². The molecule has 3 aromatic heterocycles. The lowest BCUT2D eigenvalue weighted by Crippen LogP contribution is -2.38. The van der Waals surface area contributed by atoms with E-state index in [0.29, 0.717) is 56.4 Å². The second kappa shape index (κ2) is 27.9. The molecule has 6 aliphatic rings. The summed E-state index contributed by atoms with van der Waals surface area (Å²) >= 11 is 0. The zero-order valence-electron chi connectivity index (χ0n) is 51.5. The van der Waals surface area contributed by atoms with Gasteiger partial charge in [0.15, 0.2) is 0 Å². The number of nitrogens with one attached hydrogen (secondary N) is 1. The molecule has 3 saturated heterocycles. The van der Waals surface area contributed by atoms with Crippen molar-refractivity contribution in [2.24, 2.45) is 17.8 Å². The van der Waals surface area contributed by atoms with Gasteiger partial charge in [0.1, 0.15) is 11.6 Å². The molecule has 0 radical (unpaired) electrons. The van der Waals surface area contributed by atoms with Crippen LogP contribution in [-0.2, 0) is 21.9 Å². The number of aryl methyl sites for hydroxylation is 1. The van der Waals surface area contributed by atoms with Gasteiger partial charge < -0.3 is 44.0 Å². The highest BCUT2D eigenvalue weighted by atomic mass is 19.4. The third kappa shape index (κ3) is 14.3. The van der Waals surface area contributed by atoms with Crippen LogP contribution in [0.25, 0.3) is 33.8 Å². The van der Waals surface area contributed by atoms with Crippen molar-refractivity contribution in [2.45, 2.75) is 101 Å². The SMILES string of the molecule is Cc1ccc(B(O)O)cc1.O=C(CC1c2ccccc2-c2cncn21)C1CCN(c2ccc(C(F)(F)F)cc2)CC1.O=C(CC1c2ccccc2-c2cncn21)C1CCNCC1.OC(CC1c2ccccc2-c2cncn21)C1CCN(c2ccc(C(F)(F)F)cc2)CC1. The Labute approximate surface area is 536 Å². The highest BCUT2D eigenvalue weighted by Gasteiger charge is 2.38. The Kier molecular flexibility index (Phi) is 19.4. The van der Waals surface area contributed by atoms with Crippen molar-refractivity contribution >= 4 is 35.5 Å². The molecule has 4 N–H and O–H groups in total. The number of piperidine rings is 3. The van der Waals surface area contributed by atoms with E-state index in [-0.39, 0.29) is 41.7 Å². The maximum absolute atomic E-state index is 13.1. The van der Waals surface area contributed by atoms with Crippen molar-refractivity contribution in [3.05, 3.63) is 217 Å². The van der Waals surface area contributed by atoms with Crippen molar-refractivity contribution in [3.63, 3.8) is 0 Å². The van der Waals surface area contributed by atoms with Gasteiger partial charge in [0.2, 0.25) is 0 Å². The number of rotatable bonds is 12. The Bertz CT molecular complexity index is 4000. The summed E-state index contributed by atoms with van der Waals surface area (Å²) < 4.78 is 83.1. The van der Waals surface area contributed by atoms with Crippen LogP contribution in [0.4, 0.5) is 37.7 Å². The van der Waals surface area contributed by atoms with Crippen molar-refractivity contribution in [3.8, 4) is 33.8 Å². The molecule has 9 heterocycles. The predicted octanol–water partition coefficient (Wildman–Crippen LogP) is 12.6. The van der Waals surface area contributed by atoms with E-state index >= 15 is 0 Å². The molecule has 14 nitrogen and oxygen atoms in total. The number of nitrogens with zero attached hydrogens (tertiary/aromatic N) is 8. The smallest absolute Gasteiger partial charge is 0.423 e. The molecule has 6 aromatic carbocycles. The summed E-state index contributed by atoms with van der Waals surface area (Å²) in [5, 5.41) is 31.7. The molecule has 6 aliphatic heterocycles. The number of hydrogen-bond acceptors (Lipinski definition) is 11. The molecule has 0 aliphatic carbocycles. The topological polar surface area (TPSA) is 167 Å². The number of benzene rings is 6. The van der Waals surface area contributed by atoms with E-state index < -0.39 is 36.7 Å². The van der Waals surface area contributed by atoms with Gasteiger partial charge in [-0.15, -0.1) is 0 Å². The first-order valence-electron chi connectivity index (χ1n) is 31.9. The lowest BCUT2D eigenvalue weighted by atomic mass is 9.80. The van der Waals surface area contributed by atoms with Crippen LogP contribution in [0.1, 0.15) is 109 Å². The minimum absolute atomic E-state index is 0.0193. The number of Topliss-reactive ketones (excluding diaryl/α,β-unsaturated/α-hetero) is 2. The van der Waals surface area contributed by atoms with E-state index in [4.69, 9.17) is 10.0 Å². The van der Waals surface area contributed by atoms with Gasteiger partial charge in [-0.3, -0.25) is 9.59 Å². The van der Waals surface area contributed by atoms with E-state index in [2.05, 4.69) is 86.2 Å². The Morgan fingerprint density at radius 3 is 1.30 bits per heavy atom. The predicted molar refractivity (Wildman–Crippen MR) is 347 cm³/mol. The molecule has 0 bridgehead atoms. The van der Waals surface area contributed by atoms with Crippen molar-refractivity contribution in [2.75, 3.05) is 49.1 Å². The van der Waals surface area contributed by atoms with Crippen molar-refractivity contribution < 1.29 is 51.1 Å². The van der Waals surface area contributed by atoms with E-state index in [1.165, 1.54) is 46.5 Å². The van der Waals surface area contributed by atoms with Gasteiger partial charge in [-0.2, -0.15) is 26.3 Å². The van der Waals surface area contributed by atoms with Gasteiger partial charge in [-0.05, 0) is 142 Å². The Morgan fingerprint density at radius 2 is 0.892 bits per heavy atom. The highest BCUT2D eigenvalue weighted by Crippen LogP contribution is 2.45. The third-order valence-corrected chi connectivity index (χ3v) is 19.4. The number of halogens is 6. The summed E-state index contributed by atoms with van der Waals surface area (Å²) in [6, 6.07) is 42.6. The van der Waals surface area contributed by atoms with Crippen LogP contribution in [-0.4, -0.2) is 108 Å². The van der Waals surface area contributed by atoms with Crippen LogP contribution in [0.2, 0.25) is 0 Å². The van der Waals surface area contributed by atoms with Crippen LogP contribution in [0.15, 0.2) is 183 Å². The number of aliphatic hydroxyl groups excluding tert-OH is 1. The van der Waals surface area contributed by atoms with E-state index in [9.17, 15) is 41.0 Å². The quantitative estimate of drug-likeness (QED) is 0.0679. The maximum Gasteiger partial charge on any atom is 0.488 e. The van der Waals surface area contributed by atoms with Crippen molar-refractivity contribution in [1.82, 2.24) is 34.0 Å². The van der Waals surface area contributed by atoms with Crippen LogP contribution >= 0.6 is 0 Å². The molecule has 482 valence electrons. The molecular weight excluding hydrogens is 1200 g/mol. The van der Waals surface area contributed by atoms with Crippen LogP contribution in [0.3, 0.4) is 0 Å². The molecule has 4 unspecified atom stereocenters. The Balaban J connectivity index is 0.000000127. The number of alkyl halides is 6. The first-order chi connectivity index (χ1) is 44.9. The Hall–Kier alpha value is -8.63. The standard InChI is InChI=1S/C24H24F3N3O.C24H22F3N3O.C17H19N3O.C7H9BO2/c2*25-24(26,27)17-5-7-18(8-6-17)29-11-9-16(10-12-29)23(31)13-21-19-3-1-2-4-20(19)22-14-28-15-30(21)22;21-17(12-5-7-18-8-6-12)9-15-13-3-1-2-4-14(13)16-10-19-11-20(15)16;1-6-2-4-7(5-3-6)8(9)10/h1-8,14-16,21,23,31H,9-13H2;1-8,14-16,21H,9-13H2;1-4,10-12,15,18H,5-9H2;2-5,9-10H,1H3. The molecule has 21 heteroatoms. The number of hydrogen-bond donors (Lipinski definition) is 4. The summed E-state index contributed by atoms with van der Waals surface area (Å²) in [7, 11) is -1.35. The van der Waals surface area contributed by atoms with E-state index in [1.807, 2.05) is 80.6 Å². The fraction of sp³-hybridized carbons (Fsp3) is 0.347. The minimum atomic E-state index is -4.33. The van der Waals surface area contributed by atoms with Gasteiger partial charge in [0.25, 0.3) is 0 Å². The highest BCUT2D eigenvalue weighted by molar-refractivity contribution is 6.58. The third-order valence-electron chi connectivity index (χ3n) is 19.4. The fourth-order valence-electron chi connectivity index (χ4n) is 14.2. The molecule has 0 saturated carbocycles. The Morgan fingerprint density at radius 1 is 0.516 bits per heavy atom. The van der Waals surface area contributed by atoms with Gasteiger partial charge in [0, 0.05) is 78.9 Å². The molecule has 4 atom stereocenters. The largest absolute Gasteiger partial charge is 0.488 e. The lowest BCUT2D eigenvalue weighted by Gasteiger charge is -2.36. The number of carbonyl (C=O) groups is 2. The first kappa shape index (κ1) is 64.5. The van der Waals surface area contributed by atoms with E-state index in [1.54, 1.807) is 18.5 Å².